The molecule has 1 radical (unpaired) electrons. The van der Waals surface area contributed by atoms with Crippen LogP contribution >= 0.6 is 0 Å². The van der Waals surface area contributed by atoms with Crippen LogP contribution in [0.2, 0.25) is 0 Å². The summed E-state index contributed by atoms with van der Waals surface area (Å²) in [5.41, 5.74) is 9.84. The van der Waals surface area contributed by atoms with Crippen LogP contribution in [0.15, 0.2) is 0 Å². The monoisotopic (exact) mass is 200 g/mol. The fourth-order valence-electron chi connectivity index (χ4n) is 0.727. The number of hydrogen-bond donors (Lipinski definition) is 3. The van der Waals surface area contributed by atoms with E-state index in [9.17, 15) is 14.4 Å². The first-order valence-electron chi connectivity index (χ1n) is 4.03. The van der Waals surface area contributed by atoms with Crippen molar-refractivity contribution in [2.24, 2.45) is 11.5 Å². The molecular formula is C8H14N3O3. The Labute approximate surface area is 82.0 Å². The average molecular weight is 200 g/mol. The zero-order chi connectivity index (χ0) is 11.3. The second-order valence-corrected chi connectivity index (χ2v) is 3.10. The van der Waals surface area contributed by atoms with Crippen molar-refractivity contribution in [1.29, 1.82) is 0 Å². The minimum absolute atomic E-state index is 0.283. The quantitative estimate of drug-likeness (QED) is 0.498. The standard InChI is InChI=1S/C8H14N3O3/c1-4(2)8(14)11-5(7(10)13)3-6(9)12/h5H,3H2,1-2H3,(H2,9,12)(H2,10,13)(H,11,14). The van der Waals surface area contributed by atoms with Crippen LogP contribution in [0.25, 0.3) is 0 Å². The number of rotatable bonds is 5. The largest absolute Gasteiger partial charge is 0.370 e. The van der Waals surface area contributed by atoms with Gasteiger partial charge in [-0.15, -0.1) is 0 Å². The van der Waals surface area contributed by atoms with E-state index in [1.807, 2.05) is 0 Å². The third kappa shape index (κ3) is 4.44. The summed E-state index contributed by atoms with van der Waals surface area (Å²) in [6.07, 6.45) is -0.283. The number of hydrogen-bond acceptors (Lipinski definition) is 3. The molecule has 14 heavy (non-hydrogen) atoms. The second-order valence-electron chi connectivity index (χ2n) is 3.10. The van der Waals surface area contributed by atoms with Gasteiger partial charge in [-0.2, -0.15) is 0 Å². The Morgan fingerprint density at radius 3 is 2.00 bits per heavy atom. The highest BCUT2D eigenvalue weighted by molar-refractivity contribution is 5.95. The van der Waals surface area contributed by atoms with Gasteiger partial charge in [-0.3, -0.25) is 14.4 Å². The third-order valence-corrected chi connectivity index (χ3v) is 1.51. The molecule has 0 aliphatic carbocycles. The number of primary amides is 2. The second kappa shape index (κ2) is 5.21. The number of carbonyl (C=O) groups excluding carboxylic acids is 3. The summed E-state index contributed by atoms with van der Waals surface area (Å²) in [6.45, 7) is 3.16. The first-order chi connectivity index (χ1) is 6.34. The van der Waals surface area contributed by atoms with Gasteiger partial charge in [-0.05, 0) is 0 Å². The lowest BCUT2D eigenvalue weighted by Gasteiger charge is -2.14. The Morgan fingerprint density at radius 2 is 1.71 bits per heavy atom. The van der Waals surface area contributed by atoms with Crippen molar-refractivity contribution >= 4 is 17.7 Å². The number of nitrogens with two attached hydrogens (primary N) is 2. The molecule has 0 aromatic rings. The molecule has 0 aromatic carbocycles. The van der Waals surface area contributed by atoms with E-state index in [0.29, 0.717) is 5.92 Å². The maximum atomic E-state index is 11.1. The number of nitrogens with one attached hydrogen (secondary N) is 1. The lowest BCUT2D eigenvalue weighted by molar-refractivity contribution is -0.128. The van der Waals surface area contributed by atoms with E-state index < -0.39 is 23.8 Å². The molecule has 0 fully saturated rings. The minimum Gasteiger partial charge on any atom is -0.370 e. The van der Waals surface area contributed by atoms with Crippen LogP contribution in [0.1, 0.15) is 20.3 Å². The Balaban J connectivity index is 4.31. The van der Waals surface area contributed by atoms with E-state index in [-0.39, 0.29) is 6.42 Å². The normalized spacial score (nSPS) is 12.2. The summed E-state index contributed by atoms with van der Waals surface area (Å²) in [5.74, 6) is -1.42. The maximum absolute atomic E-state index is 11.1. The molecule has 0 aliphatic rings. The predicted octanol–water partition coefficient (Wildman–Crippen LogP) is -1.55. The first kappa shape index (κ1) is 12.4. The van der Waals surface area contributed by atoms with Crippen molar-refractivity contribution in [3.63, 3.8) is 0 Å². The molecule has 0 saturated carbocycles. The molecule has 1 unspecified atom stereocenters. The van der Waals surface area contributed by atoms with Crippen LogP contribution in [0.3, 0.4) is 0 Å². The number of carbonyl (C=O) groups is 3. The fraction of sp³-hybridized carbons (Fsp3) is 0.500. The smallest absolute Gasteiger partial charge is 0.240 e. The fourth-order valence-corrected chi connectivity index (χ4v) is 0.727. The Bertz CT molecular complexity index is 250. The Morgan fingerprint density at radius 1 is 1.21 bits per heavy atom. The molecule has 3 amide bonds. The lowest BCUT2D eigenvalue weighted by Crippen LogP contribution is -2.47. The van der Waals surface area contributed by atoms with E-state index in [1.54, 1.807) is 13.8 Å². The molecule has 1 atom stereocenters. The Kier molecular flexibility index (Phi) is 4.62. The highest BCUT2D eigenvalue weighted by Gasteiger charge is 2.21. The lowest BCUT2D eigenvalue weighted by atomic mass is 10.1. The molecule has 6 nitrogen and oxygen atoms in total. The molecule has 5 N–H and O–H groups in total. The summed E-state index contributed by atoms with van der Waals surface area (Å²) in [4.78, 5) is 32.4. The van der Waals surface area contributed by atoms with Gasteiger partial charge in [0.1, 0.15) is 6.04 Å². The minimum atomic E-state index is -1.03. The van der Waals surface area contributed by atoms with E-state index in [2.05, 4.69) is 5.32 Å². The van der Waals surface area contributed by atoms with Crippen molar-refractivity contribution in [2.45, 2.75) is 26.3 Å². The molecule has 0 spiro atoms. The maximum Gasteiger partial charge on any atom is 0.240 e. The number of amides is 3. The van der Waals surface area contributed by atoms with Crippen LogP contribution in [0.5, 0.6) is 0 Å². The van der Waals surface area contributed by atoms with Gasteiger partial charge in [-0.1, -0.05) is 13.8 Å². The van der Waals surface area contributed by atoms with E-state index in [0.717, 1.165) is 0 Å². The average Bonchev–Trinajstić information content (AvgIpc) is 2.01. The first-order valence-corrected chi connectivity index (χ1v) is 4.03. The predicted molar refractivity (Wildman–Crippen MR) is 49.5 cm³/mol. The molecule has 0 aliphatic heterocycles. The van der Waals surface area contributed by atoms with Gasteiger partial charge in [0.25, 0.3) is 0 Å². The summed E-state index contributed by atoms with van der Waals surface area (Å²) in [6, 6.07) is -1.03. The van der Waals surface area contributed by atoms with E-state index in [1.165, 1.54) is 0 Å². The van der Waals surface area contributed by atoms with Gasteiger partial charge < -0.3 is 16.8 Å². The van der Waals surface area contributed by atoms with Gasteiger partial charge in [0, 0.05) is 0 Å². The van der Waals surface area contributed by atoms with Crippen LogP contribution in [0.4, 0.5) is 0 Å². The zero-order valence-electron chi connectivity index (χ0n) is 8.16. The van der Waals surface area contributed by atoms with Crippen LogP contribution < -0.4 is 16.8 Å². The molecule has 6 heteroatoms. The highest BCUT2D eigenvalue weighted by Crippen LogP contribution is 1.97. The molecule has 0 heterocycles. The highest BCUT2D eigenvalue weighted by atomic mass is 16.2. The van der Waals surface area contributed by atoms with Gasteiger partial charge in [0.05, 0.1) is 12.3 Å². The van der Waals surface area contributed by atoms with Gasteiger partial charge in [0.15, 0.2) is 0 Å². The zero-order valence-corrected chi connectivity index (χ0v) is 8.16. The summed E-state index contributed by atoms with van der Waals surface area (Å²) in [7, 11) is 0. The van der Waals surface area contributed by atoms with Crippen molar-refractivity contribution in [3.05, 3.63) is 5.92 Å². The molecule has 0 bridgehead atoms. The SMILES string of the molecule is C[C](C)C(=O)NC(CC(N)=O)C(N)=O. The summed E-state index contributed by atoms with van der Waals surface area (Å²) < 4.78 is 0. The molecular weight excluding hydrogens is 186 g/mol. The Hall–Kier alpha value is -1.59. The summed E-state index contributed by atoms with van der Waals surface area (Å²) in [5, 5.41) is 2.30. The van der Waals surface area contributed by atoms with Crippen molar-refractivity contribution in [1.82, 2.24) is 5.32 Å². The van der Waals surface area contributed by atoms with Crippen LogP contribution in [-0.4, -0.2) is 23.8 Å². The van der Waals surface area contributed by atoms with Gasteiger partial charge >= 0.3 is 0 Å². The third-order valence-electron chi connectivity index (χ3n) is 1.51. The topological polar surface area (TPSA) is 115 Å². The molecule has 0 rings (SSSR count). The molecule has 0 aromatic heterocycles. The molecule has 0 saturated heterocycles. The van der Waals surface area contributed by atoms with Crippen molar-refractivity contribution < 1.29 is 14.4 Å². The van der Waals surface area contributed by atoms with Gasteiger partial charge in [-0.25, -0.2) is 0 Å². The van der Waals surface area contributed by atoms with E-state index >= 15 is 0 Å². The van der Waals surface area contributed by atoms with Crippen molar-refractivity contribution in [3.8, 4) is 0 Å². The van der Waals surface area contributed by atoms with Gasteiger partial charge in [0.2, 0.25) is 17.7 Å². The molecule has 79 valence electrons. The van der Waals surface area contributed by atoms with E-state index in [4.69, 9.17) is 11.5 Å². The van der Waals surface area contributed by atoms with Crippen molar-refractivity contribution in [2.75, 3.05) is 0 Å². The summed E-state index contributed by atoms with van der Waals surface area (Å²) >= 11 is 0. The van der Waals surface area contributed by atoms with Crippen LogP contribution in [0, 0.1) is 5.92 Å². The van der Waals surface area contributed by atoms with Crippen LogP contribution in [-0.2, 0) is 14.4 Å².